The van der Waals surface area contributed by atoms with Crippen LogP contribution in [0.15, 0.2) is 66.6 Å². The first-order valence-electron chi connectivity index (χ1n) is 14.3. The number of hydrogen-bond acceptors (Lipinski definition) is 5. The van der Waals surface area contributed by atoms with Crippen molar-refractivity contribution in [2.75, 3.05) is 0 Å². The van der Waals surface area contributed by atoms with Crippen LogP contribution in [-0.2, 0) is 11.8 Å². The van der Waals surface area contributed by atoms with Crippen LogP contribution in [0.4, 0.5) is 0 Å². The average molecular weight is 550 g/mol. The van der Waals surface area contributed by atoms with Gasteiger partial charge in [0.1, 0.15) is 11.4 Å². The van der Waals surface area contributed by atoms with Crippen molar-refractivity contribution in [3.05, 3.63) is 87.6 Å². The molecule has 4 N–H and O–H groups in total. The summed E-state index contributed by atoms with van der Waals surface area (Å²) in [6, 6.07) is 15.3. The third-order valence-electron chi connectivity index (χ3n) is 8.65. The maximum Gasteiger partial charge on any atom is 0.138 e. The van der Waals surface area contributed by atoms with Crippen LogP contribution in [0.5, 0.6) is 5.75 Å². The predicted octanol–water partition coefficient (Wildman–Crippen LogP) is 7.80. The van der Waals surface area contributed by atoms with Crippen LogP contribution in [0.1, 0.15) is 66.5 Å². The van der Waals surface area contributed by atoms with Gasteiger partial charge < -0.3 is 15.5 Å². The molecular formula is C33H35N5OS. The Hall–Kier alpha value is -3.84. The molecule has 4 heterocycles. The third-order valence-corrected chi connectivity index (χ3v) is 9.92. The van der Waals surface area contributed by atoms with Crippen molar-refractivity contribution in [3.8, 4) is 28.3 Å². The zero-order valence-corrected chi connectivity index (χ0v) is 23.9. The second-order valence-corrected chi connectivity index (χ2v) is 12.9. The summed E-state index contributed by atoms with van der Waals surface area (Å²) in [4.78, 5) is 10.9. The SMILES string of the molecule is Cc1ccc(C2(C)CC=C(N)Cc3[nH]c(-c4n[nH]c5ccc(-c6cncc(OC7CCCCC7)c6)cc45)cc32)s1. The number of benzene rings is 1. The average Bonchev–Trinajstić information content (AvgIpc) is 3.69. The van der Waals surface area contributed by atoms with E-state index in [1.54, 1.807) is 0 Å². The molecule has 1 aromatic carbocycles. The van der Waals surface area contributed by atoms with E-state index in [1.165, 1.54) is 40.3 Å². The molecule has 204 valence electrons. The van der Waals surface area contributed by atoms with Crippen LogP contribution >= 0.6 is 11.3 Å². The highest BCUT2D eigenvalue weighted by molar-refractivity contribution is 7.12. The minimum absolute atomic E-state index is 0.147. The van der Waals surface area contributed by atoms with Crippen LogP contribution in [0, 0.1) is 6.92 Å². The molecule has 40 heavy (non-hydrogen) atoms. The fourth-order valence-corrected chi connectivity index (χ4v) is 7.40. The molecule has 2 aliphatic carbocycles. The normalized spacial score (nSPS) is 19.8. The summed E-state index contributed by atoms with van der Waals surface area (Å²) in [5.41, 5.74) is 14.7. The van der Waals surface area contributed by atoms with E-state index in [-0.39, 0.29) is 5.41 Å². The highest BCUT2D eigenvalue weighted by Gasteiger charge is 2.35. The number of aromatic nitrogens is 4. The van der Waals surface area contributed by atoms with Gasteiger partial charge in [-0.2, -0.15) is 5.10 Å². The quantitative estimate of drug-likeness (QED) is 0.209. The smallest absolute Gasteiger partial charge is 0.138 e. The summed E-state index contributed by atoms with van der Waals surface area (Å²) in [7, 11) is 0. The zero-order valence-electron chi connectivity index (χ0n) is 23.1. The van der Waals surface area contributed by atoms with Crippen LogP contribution in [0.25, 0.3) is 33.4 Å². The number of ether oxygens (including phenoxy) is 1. The van der Waals surface area contributed by atoms with Gasteiger partial charge in [-0.05, 0) is 86.6 Å². The van der Waals surface area contributed by atoms with Crippen molar-refractivity contribution >= 4 is 22.2 Å². The molecule has 2 aliphatic rings. The Morgan fingerprint density at radius 1 is 1.02 bits per heavy atom. The zero-order chi connectivity index (χ0) is 27.3. The predicted molar refractivity (Wildman–Crippen MR) is 163 cm³/mol. The van der Waals surface area contributed by atoms with Gasteiger partial charge in [0.15, 0.2) is 0 Å². The van der Waals surface area contributed by atoms with E-state index >= 15 is 0 Å². The van der Waals surface area contributed by atoms with Crippen molar-refractivity contribution in [1.29, 1.82) is 0 Å². The molecule has 5 aromatic rings. The van der Waals surface area contributed by atoms with Gasteiger partial charge in [0.05, 0.1) is 23.5 Å². The molecule has 0 saturated heterocycles. The van der Waals surface area contributed by atoms with Crippen molar-refractivity contribution in [3.63, 3.8) is 0 Å². The number of nitrogens with zero attached hydrogens (tertiary/aromatic N) is 2. The van der Waals surface area contributed by atoms with Gasteiger partial charge in [-0.15, -0.1) is 11.3 Å². The summed E-state index contributed by atoms with van der Waals surface area (Å²) in [6.45, 7) is 4.50. The van der Waals surface area contributed by atoms with E-state index in [1.807, 2.05) is 23.7 Å². The number of nitrogens with one attached hydrogen (secondary N) is 2. The molecule has 0 radical (unpaired) electrons. The minimum atomic E-state index is -0.147. The number of aryl methyl sites for hydroxylation is 1. The van der Waals surface area contributed by atoms with E-state index < -0.39 is 0 Å². The van der Waals surface area contributed by atoms with E-state index in [2.05, 4.69) is 77.5 Å². The molecule has 6 nitrogen and oxygen atoms in total. The van der Waals surface area contributed by atoms with Crippen molar-refractivity contribution in [2.45, 2.75) is 70.3 Å². The van der Waals surface area contributed by atoms with Crippen LogP contribution in [0.2, 0.25) is 0 Å². The monoisotopic (exact) mass is 549 g/mol. The molecule has 7 rings (SSSR count). The number of rotatable bonds is 5. The molecule has 7 heteroatoms. The molecular weight excluding hydrogens is 514 g/mol. The summed E-state index contributed by atoms with van der Waals surface area (Å²) in [5, 5.41) is 9.08. The topological polar surface area (TPSA) is 92.6 Å². The molecule has 1 unspecified atom stereocenters. The second kappa shape index (κ2) is 9.97. The van der Waals surface area contributed by atoms with Crippen molar-refractivity contribution < 1.29 is 4.74 Å². The van der Waals surface area contributed by atoms with Crippen molar-refractivity contribution in [1.82, 2.24) is 20.2 Å². The molecule has 0 aliphatic heterocycles. The first kappa shape index (κ1) is 25.1. The van der Waals surface area contributed by atoms with E-state index in [4.69, 9.17) is 15.6 Å². The van der Waals surface area contributed by atoms with Crippen LogP contribution < -0.4 is 10.5 Å². The van der Waals surface area contributed by atoms with E-state index in [9.17, 15) is 0 Å². The largest absolute Gasteiger partial charge is 0.489 e. The first-order chi connectivity index (χ1) is 19.5. The number of hydrogen-bond donors (Lipinski definition) is 3. The highest BCUT2D eigenvalue weighted by Crippen LogP contribution is 2.45. The van der Waals surface area contributed by atoms with Gasteiger partial charge in [-0.25, -0.2) is 0 Å². The fraction of sp³-hybridized carbons (Fsp3) is 0.333. The Kier molecular flexibility index (Phi) is 6.27. The summed E-state index contributed by atoms with van der Waals surface area (Å²) in [5.74, 6) is 0.846. The van der Waals surface area contributed by atoms with Gasteiger partial charge in [-0.3, -0.25) is 10.1 Å². The van der Waals surface area contributed by atoms with Gasteiger partial charge in [-0.1, -0.05) is 25.5 Å². The van der Waals surface area contributed by atoms with Gasteiger partial charge in [0, 0.05) is 50.1 Å². The Morgan fingerprint density at radius 2 is 1.90 bits per heavy atom. The number of fused-ring (bicyclic) bond motifs is 2. The maximum absolute atomic E-state index is 6.43. The lowest BCUT2D eigenvalue weighted by Crippen LogP contribution is -2.21. The van der Waals surface area contributed by atoms with Crippen molar-refractivity contribution in [2.24, 2.45) is 5.73 Å². The summed E-state index contributed by atoms with van der Waals surface area (Å²) in [6.07, 6.45) is 13.9. The third kappa shape index (κ3) is 4.52. The molecule has 0 spiro atoms. The van der Waals surface area contributed by atoms with Gasteiger partial charge in [0.25, 0.3) is 0 Å². The number of aromatic amines is 2. The van der Waals surface area contributed by atoms with E-state index in [0.29, 0.717) is 12.5 Å². The van der Waals surface area contributed by atoms with Crippen LogP contribution in [-0.4, -0.2) is 26.3 Å². The Morgan fingerprint density at radius 3 is 2.73 bits per heavy atom. The summed E-state index contributed by atoms with van der Waals surface area (Å²) < 4.78 is 6.31. The molecule has 1 saturated carbocycles. The number of allylic oxidation sites excluding steroid dienone is 2. The lowest BCUT2D eigenvalue weighted by molar-refractivity contribution is 0.154. The maximum atomic E-state index is 6.43. The summed E-state index contributed by atoms with van der Waals surface area (Å²) >= 11 is 1.87. The molecule has 1 fully saturated rings. The molecule has 4 aromatic heterocycles. The highest BCUT2D eigenvalue weighted by atomic mass is 32.1. The Balaban J connectivity index is 1.26. The number of thiophene rings is 1. The molecule has 0 amide bonds. The fourth-order valence-electron chi connectivity index (χ4n) is 6.36. The Bertz CT molecular complexity index is 1720. The van der Waals surface area contributed by atoms with Gasteiger partial charge >= 0.3 is 0 Å². The number of H-pyrrole nitrogens is 2. The molecule has 0 bridgehead atoms. The number of nitrogens with two attached hydrogens (primary N) is 1. The minimum Gasteiger partial charge on any atom is -0.489 e. The second-order valence-electron chi connectivity index (χ2n) is 11.6. The van der Waals surface area contributed by atoms with Gasteiger partial charge in [0.2, 0.25) is 0 Å². The Labute approximate surface area is 238 Å². The first-order valence-corrected chi connectivity index (χ1v) is 15.1. The standard InChI is InChI=1S/C33H35N5OS/c1-20-8-11-31(40-20)33(2)13-12-23(34)16-29-27(33)17-30(36-29)32-26-15-21(9-10-28(26)37-38-32)22-14-25(19-35-18-22)39-24-6-4-3-5-7-24/h8-12,14-15,17-19,24,36H,3-7,13,16,34H2,1-2H3,(H,37,38). The number of pyridine rings is 1. The molecule has 1 atom stereocenters. The lowest BCUT2D eigenvalue weighted by atomic mass is 9.78. The lowest BCUT2D eigenvalue weighted by Gasteiger charge is -2.27. The van der Waals surface area contributed by atoms with E-state index in [0.717, 1.165) is 64.1 Å². The van der Waals surface area contributed by atoms with Crippen LogP contribution in [0.3, 0.4) is 0 Å².